The first-order valence-corrected chi connectivity index (χ1v) is 9.09. The third-order valence-electron chi connectivity index (χ3n) is 4.10. The predicted molar refractivity (Wildman–Crippen MR) is 106 cm³/mol. The molecule has 0 saturated heterocycles. The van der Waals surface area contributed by atoms with Crippen LogP contribution in [0.15, 0.2) is 63.7 Å². The van der Waals surface area contributed by atoms with Crippen LogP contribution in [0, 0.1) is 6.92 Å². The van der Waals surface area contributed by atoms with Crippen molar-refractivity contribution < 1.29 is 0 Å². The number of hydrogen-bond donors (Lipinski definition) is 1. The molecule has 0 aliphatic carbocycles. The second-order valence-electron chi connectivity index (χ2n) is 5.99. The zero-order chi connectivity index (χ0) is 17.2. The summed E-state index contributed by atoms with van der Waals surface area (Å²) in [4.78, 5) is 9.45. The summed E-state index contributed by atoms with van der Waals surface area (Å²) < 4.78 is 0. The minimum absolute atomic E-state index is 0.721. The summed E-state index contributed by atoms with van der Waals surface area (Å²) in [5.74, 6) is 0. The molecule has 0 radical (unpaired) electrons. The third-order valence-corrected chi connectivity index (χ3v) is 4.99. The van der Waals surface area contributed by atoms with Gasteiger partial charge in [-0.15, -0.1) is 0 Å². The van der Waals surface area contributed by atoms with Gasteiger partial charge in [0, 0.05) is 10.9 Å². The van der Waals surface area contributed by atoms with Gasteiger partial charge in [0.15, 0.2) is 5.17 Å². The monoisotopic (exact) mass is 346 g/mol. The van der Waals surface area contributed by atoms with E-state index in [2.05, 4.69) is 65.8 Å². The Hall–Kier alpha value is -2.66. The van der Waals surface area contributed by atoms with Crippen LogP contribution in [-0.4, -0.2) is 16.4 Å². The number of aliphatic imine (C=N–C) groups is 1. The van der Waals surface area contributed by atoms with E-state index in [4.69, 9.17) is 4.98 Å². The highest BCUT2D eigenvalue weighted by molar-refractivity contribution is 8.13. The summed E-state index contributed by atoms with van der Waals surface area (Å²) in [5, 5.41) is 7.04. The van der Waals surface area contributed by atoms with Crippen LogP contribution in [0.25, 0.3) is 10.9 Å². The van der Waals surface area contributed by atoms with Crippen molar-refractivity contribution in [1.29, 1.82) is 0 Å². The largest absolute Gasteiger partial charge is 0.255 e. The molecule has 1 aliphatic heterocycles. The van der Waals surface area contributed by atoms with E-state index in [0.717, 1.165) is 38.8 Å². The molecule has 0 saturated carbocycles. The van der Waals surface area contributed by atoms with E-state index in [0.29, 0.717) is 0 Å². The molecule has 0 fully saturated rings. The van der Waals surface area contributed by atoms with E-state index in [1.807, 2.05) is 12.1 Å². The fourth-order valence-corrected chi connectivity index (χ4v) is 3.52. The summed E-state index contributed by atoms with van der Waals surface area (Å²) in [6.45, 7) is 4.23. The number of amidine groups is 1. The van der Waals surface area contributed by atoms with Crippen LogP contribution in [0.5, 0.6) is 0 Å². The zero-order valence-electron chi connectivity index (χ0n) is 14.2. The second kappa shape index (κ2) is 6.69. The number of hydrogen-bond acceptors (Lipinski definition) is 4. The van der Waals surface area contributed by atoms with Crippen molar-refractivity contribution in [2.75, 3.05) is 0 Å². The van der Waals surface area contributed by atoms with Crippen LogP contribution < -0.4 is 5.43 Å². The Balaban J connectivity index is 1.70. The van der Waals surface area contributed by atoms with E-state index in [-0.39, 0.29) is 0 Å². The van der Waals surface area contributed by atoms with E-state index in [9.17, 15) is 0 Å². The number of aromatic nitrogens is 1. The van der Waals surface area contributed by atoms with Gasteiger partial charge in [0.2, 0.25) is 0 Å². The van der Waals surface area contributed by atoms with Crippen molar-refractivity contribution in [3.8, 4) is 0 Å². The minimum atomic E-state index is 0.721. The van der Waals surface area contributed by atoms with E-state index < -0.39 is 0 Å². The maximum Gasteiger partial charge on any atom is 0.188 e. The molecule has 1 aromatic heterocycles. The van der Waals surface area contributed by atoms with Gasteiger partial charge in [-0.2, -0.15) is 5.10 Å². The van der Waals surface area contributed by atoms with Crippen LogP contribution in [0.4, 0.5) is 5.69 Å². The number of benzene rings is 2. The molecule has 5 heteroatoms. The number of thioether (sulfide) groups is 1. The highest BCUT2D eigenvalue weighted by Crippen LogP contribution is 2.28. The SMILES string of the molecule is CCc1ccc(N=C2NN=Cc3cc4cc(C)ccc4nc3S2)cc1. The van der Waals surface area contributed by atoms with Gasteiger partial charge in [0.1, 0.15) is 5.03 Å². The summed E-state index contributed by atoms with van der Waals surface area (Å²) >= 11 is 1.50. The molecule has 2 aromatic carbocycles. The number of hydrazone groups is 1. The molecule has 0 amide bonds. The van der Waals surface area contributed by atoms with Crippen LogP contribution >= 0.6 is 11.8 Å². The Morgan fingerprint density at radius 2 is 1.92 bits per heavy atom. The Kier molecular flexibility index (Phi) is 4.24. The van der Waals surface area contributed by atoms with Gasteiger partial charge in [-0.25, -0.2) is 9.98 Å². The lowest BCUT2D eigenvalue weighted by Gasteiger charge is -2.06. The van der Waals surface area contributed by atoms with Crippen LogP contribution in [0.3, 0.4) is 0 Å². The van der Waals surface area contributed by atoms with E-state index in [1.165, 1.54) is 22.9 Å². The molecular formula is C20H18N4S. The van der Waals surface area contributed by atoms with Crippen LogP contribution in [-0.2, 0) is 6.42 Å². The Labute approximate surface area is 151 Å². The highest BCUT2D eigenvalue weighted by atomic mass is 32.2. The van der Waals surface area contributed by atoms with Crippen molar-refractivity contribution >= 4 is 39.7 Å². The smallest absolute Gasteiger partial charge is 0.188 e. The van der Waals surface area contributed by atoms with E-state index >= 15 is 0 Å². The average molecular weight is 346 g/mol. The average Bonchev–Trinajstić information content (AvgIpc) is 2.81. The van der Waals surface area contributed by atoms with Gasteiger partial charge in [-0.1, -0.05) is 30.7 Å². The summed E-state index contributed by atoms with van der Waals surface area (Å²) in [5.41, 5.74) is 8.43. The lowest BCUT2D eigenvalue weighted by Crippen LogP contribution is -2.11. The molecule has 4 nitrogen and oxygen atoms in total. The quantitative estimate of drug-likeness (QED) is 0.723. The van der Waals surface area contributed by atoms with Gasteiger partial charge >= 0.3 is 0 Å². The Bertz CT molecular complexity index is 990. The number of nitrogens with one attached hydrogen (secondary N) is 1. The minimum Gasteiger partial charge on any atom is -0.255 e. The number of nitrogens with zero attached hydrogens (tertiary/aromatic N) is 3. The first kappa shape index (κ1) is 15.8. The molecule has 4 rings (SSSR count). The molecule has 0 unspecified atom stereocenters. The van der Waals surface area contributed by atoms with Crippen molar-refractivity contribution in [1.82, 2.24) is 10.4 Å². The lowest BCUT2D eigenvalue weighted by molar-refractivity contribution is 1.05. The van der Waals surface area contributed by atoms with Gasteiger partial charge in [-0.3, -0.25) is 5.43 Å². The van der Waals surface area contributed by atoms with Crippen molar-refractivity contribution in [2.45, 2.75) is 25.3 Å². The molecule has 0 spiro atoms. The molecule has 0 bridgehead atoms. The maximum atomic E-state index is 4.79. The normalized spacial score (nSPS) is 15.0. The van der Waals surface area contributed by atoms with E-state index in [1.54, 1.807) is 6.21 Å². The molecule has 25 heavy (non-hydrogen) atoms. The topological polar surface area (TPSA) is 49.6 Å². The predicted octanol–water partition coefficient (Wildman–Crippen LogP) is 4.82. The lowest BCUT2D eigenvalue weighted by atomic mass is 10.1. The van der Waals surface area contributed by atoms with Gasteiger partial charge in [0.05, 0.1) is 17.4 Å². The molecule has 3 aromatic rings. The number of rotatable bonds is 2. The maximum absolute atomic E-state index is 4.79. The molecule has 1 N–H and O–H groups in total. The Morgan fingerprint density at radius 1 is 1.08 bits per heavy atom. The fraction of sp³-hybridized carbons (Fsp3) is 0.150. The summed E-state index contributed by atoms with van der Waals surface area (Å²) in [7, 11) is 0. The molecule has 0 atom stereocenters. The first-order valence-electron chi connectivity index (χ1n) is 8.27. The van der Waals surface area contributed by atoms with Crippen molar-refractivity contribution in [3.63, 3.8) is 0 Å². The molecule has 1 aliphatic rings. The third kappa shape index (κ3) is 3.42. The van der Waals surface area contributed by atoms with Gasteiger partial charge in [-0.05, 0) is 61.0 Å². The fourth-order valence-electron chi connectivity index (χ4n) is 2.71. The standard InChI is InChI=1S/C20H18N4S/c1-3-14-5-7-17(8-6-14)22-20-24-21-12-16-11-15-10-13(2)4-9-18(15)23-19(16)25-20/h4-12H,3H2,1-2H3,(H,22,24). The van der Waals surface area contributed by atoms with Crippen LogP contribution in [0.2, 0.25) is 0 Å². The zero-order valence-corrected chi connectivity index (χ0v) is 15.0. The number of aryl methyl sites for hydroxylation is 2. The summed E-state index contributed by atoms with van der Waals surface area (Å²) in [6, 6.07) is 16.7. The van der Waals surface area contributed by atoms with Gasteiger partial charge < -0.3 is 0 Å². The summed E-state index contributed by atoms with van der Waals surface area (Å²) in [6.07, 6.45) is 2.83. The van der Waals surface area contributed by atoms with Crippen molar-refractivity contribution in [2.24, 2.45) is 10.1 Å². The molecule has 2 heterocycles. The molecular weight excluding hydrogens is 328 g/mol. The number of fused-ring (bicyclic) bond motifs is 2. The van der Waals surface area contributed by atoms with Crippen LogP contribution in [0.1, 0.15) is 23.6 Å². The Morgan fingerprint density at radius 3 is 2.72 bits per heavy atom. The second-order valence-corrected chi connectivity index (χ2v) is 6.97. The molecule has 124 valence electrons. The highest BCUT2D eigenvalue weighted by Gasteiger charge is 2.13. The number of pyridine rings is 1. The van der Waals surface area contributed by atoms with Gasteiger partial charge in [0.25, 0.3) is 0 Å². The first-order chi connectivity index (χ1) is 12.2. The van der Waals surface area contributed by atoms with Crippen molar-refractivity contribution in [3.05, 3.63) is 65.2 Å².